The lowest BCUT2D eigenvalue weighted by atomic mass is 10.0. The third kappa shape index (κ3) is 10.7. The molecule has 5 aromatic rings. The van der Waals surface area contributed by atoms with Crippen molar-refractivity contribution in [2.45, 2.75) is 78.0 Å². The molecule has 1 unspecified atom stereocenters. The first-order valence-electron chi connectivity index (χ1n) is 21.3. The van der Waals surface area contributed by atoms with E-state index in [0.29, 0.717) is 73.6 Å². The standard InChI is InChI=1S/C46H46BrF2N9O8/c1-26-10-11-28(22-36(26)57-27(2)21-37(41(47)46(57)65)66-25-29-12-13-30(48)23-33(29)49)42(61)52-19-16-31-24-56(55-54-31)20-6-9-38(59)51-18-4-3-17-50-34-8-5-7-32-40(34)45(64)58(44(32)63)35-14-15-39(60)53-43(35)62/h5,7-8,10-13,21-24,35,50H,3-4,6,9,14-20,25H2,1-2H3,(H,51,59)(H,52,61)(H,53,60,62). The molecular weight excluding hydrogens is 924 g/mol. The molecule has 20 heteroatoms. The summed E-state index contributed by atoms with van der Waals surface area (Å²) in [6, 6.07) is 13.6. The van der Waals surface area contributed by atoms with Crippen molar-refractivity contribution >= 4 is 57.1 Å². The maximum Gasteiger partial charge on any atom is 0.273 e. The molecule has 2 aliphatic rings. The Kier molecular flexibility index (Phi) is 14.8. The lowest BCUT2D eigenvalue weighted by molar-refractivity contribution is -0.136. The fourth-order valence-corrected chi connectivity index (χ4v) is 8.10. The number of hydrogen-bond acceptors (Lipinski definition) is 11. The van der Waals surface area contributed by atoms with Gasteiger partial charge in [0.05, 0.1) is 22.5 Å². The molecule has 4 heterocycles. The Bertz CT molecular complexity index is 2790. The van der Waals surface area contributed by atoms with E-state index in [-0.39, 0.29) is 71.1 Å². The number of fused-ring (bicyclic) bond motifs is 1. The number of hydrogen-bond donors (Lipinski definition) is 4. The maximum absolute atomic E-state index is 14.2. The van der Waals surface area contributed by atoms with Crippen LogP contribution in [-0.2, 0) is 34.0 Å². The van der Waals surface area contributed by atoms with Gasteiger partial charge < -0.3 is 20.7 Å². The number of imide groups is 2. The van der Waals surface area contributed by atoms with Crippen molar-refractivity contribution in [3.05, 3.63) is 133 Å². The van der Waals surface area contributed by atoms with Gasteiger partial charge in [-0.05, 0) is 97.4 Å². The van der Waals surface area contributed by atoms with Gasteiger partial charge in [-0.25, -0.2) is 8.78 Å². The number of aryl methyl sites for hydroxylation is 3. The SMILES string of the molecule is Cc1ccc(C(=O)NCCc2cn(CCCC(=O)NCCCCNc3cccc4c3C(=O)N(C3CCC(=O)NC3=O)C4=O)nn2)cc1-n1c(C)cc(OCc2ccc(F)cc2F)c(Br)c1=O. The highest BCUT2D eigenvalue weighted by atomic mass is 79.9. The molecule has 3 aromatic carbocycles. The molecule has 1 atom stereocenters. The predicted molar refractivity (Wildman–Crippen MR) is 239 cm³/mol. The van der Waals surface area contributed by atoms with Crippen LogP contribution in [0.4, 0.5) is 14.5 Å². The van der Waals surface area contributed by atoms with E-state index in [1.165, 1.54) is 16.7 Å². The molecule has 0 radical (unpaired) electrons. The number of anilines is 1. The van der Waals surface area contributed by atoms with Gasteiger partial charge in [-0.1, -0.05) is 17.3 Å². The lowest BCUT2D eigenvalue weighted by Gasteiger charge is -2.27. The molecule has 0 saturated carbocycles. The summed E-state index contributed by atoms with van der Waals surface area (Å²) in [4.78, 5) is 90.5. The van der Waals surface area contributed by atoms with Crippen LogP contribution in [0.2, 0.25) is 0 Å². The van der Waals surface area contributed by atoms with Crippen LogP contribution in [0.25, 0.3) is 5.69 Å². The fraction of sp³-hybridized carbons (Fsp3) is 0.326. The summed E-state index contributed by atoms with van der Waals surface area (Å²) in [6.45, 7) is 4.93. The maximum atomic E-state index is 14.2. The van der Waals surface area contributed by atoms with Gasteiger partial charge in [0.15, 0.2) is 0 Å². The minimum absolute atomic E-state index is 0.0401. The molecule has 1 saturated heterocycles. The van der Waals surface area contributed by atoms with Gasteiger partial charge in [-0.3, -0.25) is 53.0 Å². The first-order valence-corrected chi connectivity index (χ1v) is 22.1. The second-order valence-electron chi connectivity index (χ2n) is 15.9. The van der Waals surface area contributed by atoms with Gasteiger partial charge >= 0.3 is 0 Å². The number of pyridine rings is 1. The Morgan fingerprint density at radius 2 is 1.73 bits per heavy atom. The van der Waals surface area contributed by atoms with Crippen LogP contribution in [0.5, 0.6) is 5.75 Å². The first kappa shape index (κ1) is 46.9. The summed E-state index contributed by atoms with van der Waals surface area (Å²) in [7, 11) is 0. The highest BCUT2D eigenvalue weighted by Gasteiger charge is 2.45. The minimum atomic E-state index is -1.04. The topological polar surface area (TPSA) is 216 Å². The number of halogens is 3. The monoisotopic (exact) mass is 969 g/mol. The molecule has 17 nitrogen and oxygen atoms in total. The van der Waals surface area contributed by atoms with Crippen molar-refractivity contribution < 1.29 is 42.3 Å². The van der Waals surface area contributed by atoms with E-state index >= 15 is 0 Å². The van der Waals surface area contributed by atoms with E-state index in [0.717, 1.165) is 22.6 Å². The number of rotatable bonds is 19. The Morgan fingerprint density at radius 1 is 0.924 bits per heavy atom. The van der Waals surface area contributed by atoms with Crippen molar-refractivity contribution in [3.63, 3.8) is 0 Å². The summed E-state index contributed by atoms with van der Waals surface area (Å²) in [6.07, 6.45) is 4.39. The van der Waals surface area contributed by atoms with Crippen LogP contribution in [0.1, 0.15) is 92.1 Å². The van der Waals surface area contributed by atoms with Crippen molar-refractivity contribution in [3.8, 4) is 11.4 Å². The summed E-state index contributed by atoms with van der Waals surface area (Å²) >= 11 is 3.31. The summed E-state index contributed by atoms with van der Waals surface area (Å²) in [5, 5.41) is 19.5. The van der Waals surface area contributed by atoms with Crippen LogP contribution in [-0.4, -0.2) is 85.6 Å². The average molecular weight is 971 g/mol. The first-order chi connectivity index (χ1) is 31.7. The van der Waals surface area contributed by atoms with Crippen LogP contribution in [0, 0.1) is 25.5 Å². The van der Waals surface area contributed by atoms with Crippen molar-refractivity contribution in [2.75, 3.05) is 25.0 Å². The number of unbranched alkanes of at least 4 members (excludes halogenated alkanes) is 1. The van der Waals surface area contributed by atoms with Crippen molar-refractivity contribution in [1.82, 2.24) is 40.4 Å². The Morgan fingerprint density at radius 3 is 2.52 bits per heavy atom. The second kappa shape index (κ2) is 20.8. The number of nitrogens with one attached hydrogen (secondary N) is 4. The average Bonchev–Trinajstić information content (AvgIpc) is 3.84. The molecule has 2 aliphatic heterocycles. The molecule has 0 aliphatic carbocycles. The minimum Gasteiger partial charge on any atom is -0.487 e. The third-order valence-electron chi connectivity index (χ3n) is 11.2. The summed E-state index contributed by atoms with van der Waals surface area (Å²) in [5.41, 5.74) is 3.25. The van der Waals surface area contributed by atoms with Gasteiger partial charge in [0.2, 0.25) is 17.7 Å². The molecular formula is C46H46BrF2N9O8. The molecule has 6 amide bonds. The molecule has 1 fully saturated rings. The number of benzene rings is 3. The second-order valence-corrected chi connectivity index (χ2v) is 16.7. The Hall–Kier alpha value is -7.09. The molecule has 4 N–H and O–H groups in total. The Balaban J connectivity index is 0.804. The van der Waals surface area contributed by atoms with Crippen LogP contribution >= 0.6 is 15.9 Å². The largest absolute Gasteiger partial charge is 0.487 e. The van der Waals surface area contributed by atoms with Crippen LogP contribution in [0.3, 0.4) is 0 Å². The molecule has 344 valence electrons. The van der Waals surface area contributed by atoms with Crippen LogP contribution in [0.15, 0.2) is 76.1 Å². The highest BCUT2D eigenvalue weighted by molar-refractivity contribution is 9.10. The number of carbonyl (C=O) groups excluding carboxylic acids is 6. The Labute approximate surface area is 385 Å². The zero-order chi connectivity index (χ0) is 47.1. The van der Waals surface area contributed by atoms with Crippen molar-refractivity contribution in [1.29, 1.82) is 0 Å². The third-order valence-corrected chi connectivity index (χ3v) is 11.9. The lowest BCUT2D eigenvalue weighted by Crippen LogP contribution is -2.54. The zero-order valence-corrected chi connectivity index (χ0v) is 37.6. The van der Waals surface area contributed by atoms with E-state index in [4.69, 9.17) is 4.74 Å². The number of ether oxygens (including phenoxy) is 1. The van der Waals surface area contributed by atoms with Crippen molar-refractivity contribution in [2.24, 2.45) is 0 Å². The van der Waals surface area contributed by atoms with E-state index < -0.39 is 46.9 Å². The van der Waals surface area contributed by atoms with E-state index in [2.05, 4.69) is 47.5 Å². The van der Waals surface area contributed by atoms with Gasteiger partial charge in [0, 0.05) is 86.3 Å². The quantitative estimate of drug-likeness (QED) is 0.0650. The molecule has 66 heavy (non-hydrogen) atoms. The fourth-order valence-electron chi connectivity index (χ4n) is 7.69. The van der Waals surface area contributed by atoms with Gasteiger partial charge in [-0.2, -0.15) is 0 Å². The normalized spacial score (nSPS) is 14.6. The predicted octanol–water partition coefficient (Wildman–Crippen LogP) is 4.83. The summed E-state index contributed by atoms with van der Waals surface area (Å²) < 4.78 is 36.4. The highest BCUT2D eigenvalue weighted by Crippen LogP contribution is 2.33. The smallest absolute Gasteiger partial charge is 0.273 e. The van der Waals surface area contributed by atoms with E-state index in [9.17, 15) is 42.3 Å². The van der Waals surface area contributed by atoms with Crippen LogP contribution < -0.4 is 31.6 Å². The number of aromatic nitrogens is 4. The number of amides is 6. The molecule has 2 aromatic heterocycles. The number of piperidine rings is 1. The number of carbonyl (C=O) groups is 6. The molecule has 0 spiro atoms. The summed E-state index contributed by atoms with van der Waals surface area (Å²) in [5.74, 6) is -4.01. The van der Waals surface area contributed by atoms with E-state index in [1.807, 2.05) is 6.92 Å². The van der Waals surface area contributed by atoms with Gasteiger partial charge in [0.1, 0.15) is 34.5 Å². The molecule has 7 rings (SSSR count). The van der Waals surface area contributed by atoms with Gasteiger partial charge in [0.25, 0.3) is 23.3 Å². The molecule has 0 bridgehead atoms. The zero-order valence-electron chi connectivity index (χ0n) is 36.0. The van der Waals surface area contributed by atoms with Gasteiger partial charge in [-0.15, -0.1) is 5.10 Å². The van der Waals surface area contributed by atoms with E-state index in [1.54, 1.807) is 54.2 Å². The number of nitrogens with zero attached hydrogens (tertiary/aromatic N) is 5.